The highest BCUT2D eigenvalue weighted by molar-refractivity contribution is 5.57. The molecule has 218 valence electrons. The number of phenolic OH excluding ortho intramolecular Hbond substituents is 2. The van der Waals surface area contributed by atoms with Crippen molar-refractivity contribution < 1.29 is 48.5 Å². The molecule has 41 heavy (non-hydrogen) atoms. The molecule has 0 saturated carbocycles. The van der Waals surface area contributed by atoms with E-state index in [1.807, 2.05) is 12.1 Å². The second-order valence-corrected chi connectivity index (χ2v) is 10.5. The Kier molecular flexibility index (Phi) is 7.23. The Morgan fingerprint density at radius 3 is 1.78 bits per heavy atom. The molecule has 2 saturated heterocycles. The minimum absolute atomic E-state index is 0.0291. The van der Waals surface area contributed by atoms with Crippen LogP contribution in [0.2, 0.25) is 0 Å². The second-order valence-electron chi connectivity index (χ2n) is 10.5. The summed E-state index contributed by atoms with van der Waals surface area (Å²) < 4.78 is 40.8. The molecular weight excluding hydrogens is 532 g/mol. The van der Waals surface area contributed by atoms with Crippen LogP contribution in [0.25, 0.3) is 0 Å². The zero-order chi connectivity index (χ0) is 28.8. The van der Waals surface area contributed by atoms with Gasteiger partial charge in [0.1, 0.15) is 6.10 Å². The van der Waals surface area contributed by atoms with Crippen molar-refractivity contribution in [1.29, 1.82) is 0 Å². The van der Waals surface area contributed by atoms with E-state index in [1.54, 1.807) is 37.4 Å². The third-order valence-electron chi connectivity index (χ3n) is 8.49. The maximum atomic E-state index is 10.5. The molecule has 2 fully saturated rings. The van der Waals surface area contributed by atoms with Gasteiger partial charge < -0.3 is 48.5 Å². The Hall–Kier alpha value is -3.86. The first-order chi connectivity index (χ1) is 19.9. The van der Waals surface area contributed by atoms with Gasteiger partial charge in [0.05, 0.1) is 66.4 Å². The molecule has 3 aromatic rings. The van der Waals surface area contributed by atoms with Gasteiger partial charge in [-0.2, -0.15) is 0 Å². The van der Waals surface area contributed by atoms with Crippen molar-refractivity contribution in [2.45, 2.75) is 24.2 Å². The van der Waals surface area contributed by atoms with Gasteiger partial charge in [-0.25, -0.2) is 0 Å². The van der Waals surface area contributed by atoms with E-state index in [2.05, 4.69) is 0 Å². The predicted octanol–water partition coefficient (Wildman–Crippen LogP) is 4.42. The van der Waals surface area contributed by atoms with Crippen LogP contribution in [0, 0.1) is 11.8 Å². The van der Waals surface area contributed by atoms with E-state index in [0.717, 1.165) is 22.3 Å². The average molecular weight is 567 g/mol. The van der Waals surface area contributed by atoms with Gasteiger partial charge in [0.25, 0.3) is 0 Å². The number of ether oxygens (including phenoxy) is 7. The van der Waals surface area contributed by atoms with E-state index in [1.165, 1.54) is 21.3 Å². The Labute approximate surface area is 237 Å². The highest BCUT2D eigenvalue weighted by Crippen LogP contribution is 2.56. The molecule has 3 heterocycles. The lowest BCUT2D eigenvalue weighted by Gasteiger charge is -2.20. The number of benzene rings is 3. The average Bonchev–Trinajstić information content (AvgIpc) is 3.70. The highest BCUT2D eigenvalue weighted by Gasteiger charge is 2.49. The summed E-state index contributed by atoms with van der Waals surface area (Å²) in [5.41, 5.74) is 3.36. The summed E-state index contributed by atoms with van der Waals surface area (Å²) in [6, 6.07) is 12.5. The molecule has 10 heteroatoms. The number of methoxy groups -OCH3 is 4. The Morgan fingerprint density at radius 2 is 1.22 bits per heavy atom. The molecule has 0 radical (unpaired) electrons. The minimum Gasteiger partial charge on any atom is -0.504 e. The maximum absolute atomic E-state index is 10.5. The number of hydrogen-bond acceptors (Lipinski definition) is 10. The van der Waals surface area contributed by atoms with E-state index in [9.17, 15) is 15.3 Å². The van der Waals surface area contributed by atoms with E-state index in [0.29, 0.717) is 42.0 Å². The van der Waals surface area contributed by atoms with Crippen LogP contribution in [0.1, 0.15) is 46.5 Å². The van der Waals surface area contributed by atoms with Gasteiger partial charge in [0.2, 0.25) is 5.75 Å². The molecule has 0 spiro atoms. The normalized spacial score (nSPS) is 26.3. The van der Waals surface area contributed by atoms with Gasteiger partial charge in [-0.3, -0.25) is 0 Å². The largest absolute Gasteiger partial charge is 0.504 e. The smallest absolute Gasteiger partial charge is 0.200 e. The van der Waals surface area contributed by atoms with Crippen molar-refractivity contribution in [3.63, 3.8) is 0 Å². The summed E-state index contributed by atoms with van der Waals surface area (Å²) >= 11 is 0. The first-order valence-electron chi connectivity index (χ1n) is 13.5. The molecule has 0 amide bonds. The second kappa shape index (κ2) is 10.8. The zero-order valence-electron chi connectivity index (χ0n) is 23.3. The topological polar surface area (TPSA) is 125 Å². The standard InChI is InChI=1S/C31H34O10/c1-35-23-8-15(5-6-22(23)33)30-19(12-32)18-7-16(11-26(38-4)31(18)41-30)28-20-13-40-29(21(20)14-39-28)17-9-24(36-2)27(34)25(10-17)37-3/h5-11,19-21,28-30,32-34H,12-14H2,1-4H3. The summed E-state index contributed by atoms with van der Waals surface area (Å²) in [5.74, 6) is 1.85. The van der Waals surface area contributed by atoms with E-state index in [4.69, 9.17) is 33.2 Å². The quantitative estimate of drug-likeness (QED) is 0.361. The van der Waals surface area contributed by atoms with Crippen LogP contribution in [0.15, 0.2) is 42.5 Å². The van der Waals surface area contributed by atoms with E-state index < -0.39 is 6.10 Å². The van der Waals surface area contributed by atoms with Crippen molar-refractivity contribution in [1.82, 2.24) is 0 Å². The van der Waals surface area contributed by atoms with Gasteiger partial charge in [-0.1, -0.05) is 6.07 Å². The number of fused-ring (bicyclic) bond motifs is 2. The SMILES string of the molecule is COc1cc(C2Oc3c(OC)cc(C4OCC5C(c6cc(OC)c(O)c(OC)c6)OCC45)cc3C2CO)ccc1O. The summed E-state index contributed by atoms with van der Waals surface area (Å²) in [6.45, 7) is 0.822. The molecule has 3 aliphatic rings. The monoisotopic (exact) mass is 566 g/mol. The third-order valence-corrected chi connectivity index (χ3v) is 8.49. The van der Waals surface area contributed by atoms with Gasteiger partial charge >= 0.3 is 0 Å². The number of aromatic hydroxyl groups is 2. The van der Waals surface area contributed by atoms with Crippen LogP contribution in [-0.4, -0.2) is 63.6 Å². The summed E-state index contributed by atoms with van der Waals surface area (Å²) in [4.78, 5) is 0. The van der Waals surface area contributed by atoms with Crippen LogP contribution in [0.4, 0.5) is 0 Å². The lowest BCUT2D eigenvalue weighted by atomic mass is 9.83. The van der Waals surface area contributed by atoms with Crippen LogP contribution in [0.5, 0.6) is 40.2 Å². The molecule has 0 aliphatic carbocycles. The van der Waals surface area contributed by atoms with Crippen molar-refractivity contribution >= 4 is 0 Å². The predicted molar refractivity (Wildman–Crippen MR) is 146 cm³/mol. The Morgan fingerprint density at radius 1 is 0.683 bits per heavy atom. The fourth-order valence-electron chi connectivity index (χ4n) is 6.41. The molecule has 3 aromatic carbocycles. The molecule has 6 rings (SSSR count). The van der Waals surface area contributed by atoms with Crippen LogP contribution in [-0.2, 0) is 9.47 Å². The van der Waals surface area contributed by atoms with Gasteiger partial charge in [0.15, 0.2) is 34.5 Å². The van der Waals surface area contributed by atoms with Crippen molar-refractivity contribution in [2.24, 2.45) is 11.8 Å². The lowest BCUT2D eigenvalue weighted by molar-refractivity contribution is 0.0190. The van der Waals surface area contributed by atoms with Crippen molar-refractivity contribution in [3.05, 3.63) is 64.7 Å². The number of aliphatic hydroxyl groups is 1. The Balaban J connectivity index is 1.30. The number of aliphatic hydroxyl groups excluding tert-OH is 1. The number of phenols is 2. The third kappa shape index (κ3) is 4.46. The maximum Gasteiger partial charge on any atom is 0.200 e. The van der Waals surface area contributed by atoms with E-state index >= 15 is 0 Å². The molecule has 0 bridgehead atoms. The first kappa shape index (κ1) is 27.3. The molecular formula is C31H34O10. The molecule has 6 unspecified atom stereocenters. The first-order valence-corrected chi connectivity index (χ1v) is 13.5. The van der Waals surface area contributed by atoms with Gasteiger partial charge in [-0.15, -0.1) is 0 Å². The summed E-state index contributed by atoms with van der Waals surface area (Å²) in [6.07, 6.45) is -1.01. The number of hydrogen-bond donors (Lipinski definition) is 3. The van der Waals surface area contributed by atoms with Gasteiger partial charge in [-0.05, 0) is 53.1 Å². The van der Waals surface area contributed by atoms with E-state index in [-0.39, 0.29) is 48.1 Å². The fraction of sp³-hybridized carbons (Fsp3) is 0.419. The molecule has 3 N–H and O–H groups in total. The van der Waals surface area contributed by atoms with Crippen LogP contribution < -0.4 is 23.7 Å². The number of rotatable bonds is 8. The van der Waals surface area contributed by atoms with Crippen molar-refractivity contribution in [3.8, 4) is 40.2 Å². The van der Waals surface area contributed by atoms with Crippen molar-refractivity contribution in [2.75, 3.05) is 48.3 Å². The summed E-state index contributed by atoms with van der Waals surface area (Å²) in [7, 11) is 6.08. The molecule has 6 atom stereocenters. The lowest BCUT2D eigenvalue weighted by Crippen LogP contribution is -2.15. The Bertz CT molecular complexity index is 1410. The molecule has 0 aromatic heterocycles. The van der Waals surface area contributed by atoms with Gasteiger partial charge in [0, 0.05) is 17.4 Å². The highest BCUT2D eigenvalue weighted by atomic mass is 16.5. The fourth-order valence-corrected chi connectivity index (χ4v) is 6.41. The van der Waals surface area contributed by atoms with Crippen LogP contribution in [0.3, 0.4) is 0 Å². The zero-order valence-corrected chi connectivity index (χ0v) is 23.3. The minimum atomic E-state index is -0.496. The summed E-state index contributed by atoms with van der Waals surface area (Å²) in [5, 5.41) is 30.9. The molecule has 10 nitrogen and oxygen atoms in total. The van der Waals surface area contributed by atoms with Crippen LogP contribution >= 0.6 is 0 Å². The molecule has 3 aliphatic heterocycles.